The van der Waals surface area contributed by atoms with Crippen molar-refractivity contribution >= 4 is 23.6 Å². The van der Waals surface area contributed by atoms with Crippen LogP contribution in [-0.2, 0) is 16.0 Å². The number of carbonyl (C=O) groups excluding carboxylic acids is 1. The van der Waals surface area contributed by atoms with Crippen LogP contribution in [-0.4, -0.2) is 29.5 Å². The van der Waals surface area contributed by atoms with Crippen LogP contribution < -0.4 is 0 Å². The number of carbonyl (C=O) groups is 1. The van der Waals surface area contributed by atoms with E-state index >= 15 is 0 Å². The zero-order valence-corrected chi connectivity index (χ0v) is 13.8. The highest BCUT2D eigenvalue weighted by Gasteiger charge is 2.22. The largest absolute Gasteiger partial charge is 0.504 e. The van der Waals surface area contributed by atoms with E-state index in [2.05, 4.69) is 5.10 Å². The third-order valence-corrected chi connectivity index (χ3v) is 3.49. The van der Waals surface area contributed by atoms with Crippen molar-refractivity contribution in [1.29, 1.82) is 0 Å². The molecule has 1 aromatic carbocycles. The van der Waals surface area contributed by atoms with E-state index < -0.39 is 17.6 Å². The van der Waals surface area contributed by atoms with Crippen molar-refractivity contribution in [3.05, 3.63) is 58.1 Å². The van der Waals surface area contributed by atoms with Gasteiger partial charge in [0.15, 0.2) is 5.69 Å². The van der Waals surface area contributed by atoms with Crippen LogP contribution in [0.2, 0.25) is 5.15 Å². The van der Waals surface area contributed by atoms with Gasteiger partial charge in [-0.15, -0.1) is 0 Å². The Morgan fingerprint density at radius 2 is 2.17 bits per heavy atom. The molecule has 1 heterocycles. The van der Waals surface area contributed by atoms with Gasteiger partial charge in [-0.3, -0.25) is 0 Å². The third-order valence-electron chi connectivity index (χ3n) is 3.09. The normalized spacial score (nSPS) is 11.0. The summed E-state index contributed by atoms with van der Waals surface area (Å²) in [7, 11) is 1.43. The van der Waals surface area contributed by atoms with E-state index in [-0.39, 0.29) is 35.1 Å². The molecule has 1 aromatic heterocycles. The zero-order valence-electron chi connectivity index (χ0n) is 13.1. The molecule has 0 aliphatic carbocycles. The fraction of sp³-hybridized carbons (Fsp3) is 0.250. The Balaban J connectivity index is 2.45. The number of halogens is 3. The monoisotopic (exact) mass is 356 g/mol. The molecule has 0 spiro atoms. The Morgan fingerprint density at radius 1 is 1.42 bits per heavy atom. The molecule has 8 heteroatoms. The van der Waals surface area contributed by atoms with Gasteiger partial charge in [0, 0.05) is 11.1 Å². The Hall–Kier alpha value is -2.41. The molecule has 0 radical (unpaired) electrons. The van der Waals surface area contributed by atoms with Crippen molar-refractivity contribution < 1.29 is 23.0 Å². The van der Waals surface area contributed by atoms with Crippen molar-refractivity contribution in [2.45, 2.75) is 13.5 Å². The number of hydrogen-bond donors (Lipinski definition) is 0. The van der Waals surface area contributed by atoms with Gasteiger partial charge in [0.1, 0.15) is 16.8 Å². The summed E-state index contributed by atoms with van der Waals surface area (Å²) in [5.74, 6) is -1.86. The van der Waals surface area contributed by atoms with Crippen LogP contribution in [0.15, 0.2) is 24.5 Å². The Morgan fingerprint density at radius 3 is 2.83 bits per heavy atom. The molecule has 0 saturated carbocycles. The van der Waals surface area contributed by atoms with Crippen molar-refractivity contribution in [3.8, 4) is 0 Å². The lowest BCUT2D eigenvalue weighted by Crippen LogP contribution is -2.09. The van der Waals surface area contributed by atoms with Gasteiger partial charge < -0.3 is 9.47 Å². The number of methoxy groups -OCH3 is 1. The van der Waals surface area contributed by atoms with E-state index in [9.17, 15) is 13.6 Å². The number of aromatic nitrogens is 2. The Labute approximate surface area is 142 Å². The lowest BCUT2D eigenvalue weighted by molar-refractivity contribution is 0.0518. The van der Waals surface area contributed by atoms with E-state index in [1.807, 2.05) is 0 Å². The second kappa shape index (κ2) is 7.92. The number of ether oxygens (including phenoxy) is 2. The molecule has 0 unspecified atom stereocenters. The molecule has 0 bridgehead atoms. The van der Waals surface area contributed by atoms with E-state index in [1.54, 1.807) is 6.92 Å². The predicted molar refractivity (Wildman–Crippen MR) is 84.7 cm³/mol. The average molecular weight is 357 g/mol. The summed E-state index contributed by atoms with van der Waals surface area (Å²) in [6.07, 6.45) is 2.76. The molecule has 0 atom stereocenters. The van der Waals surface area contributed by atoms with Crippen LogP contribution in [0.25, 0.3) is 6.08 Å². The summed E-state index contributed by atoms with van der Waals surface area (Å²) in [6, 6.07) is 3.07. The van der Waals surface area contributed by atoms with Gasteiger partial charge in [-0.25, -0.2) is 18.3 Å². The molecule has 24 heavy (non-hydrogen) atoms. The van der Waals surface area contributed by atoms with Gasteiger partial charge in [0.25, 0.3) is 0 Å². The molecule has 0 N–H and O–H groups in total. The number of rotatable bonds is 6. The Kier molecular flexibility index (Phi) is 5.92. The highest BCUT2D eigenvalue weighted by Crippen LogP contribution is 2.24. The lowest BCUT2D eigenvalue weighted by atomic mass is 10.2. The number of esters is 1. The molecule has 2 rings (SSSR count). The minimum atomic E-state index is -0.673. The van der Waals surface area contributed by atoms with Crippen LogP contribution in [0.5, 0.6) is 0 Å². The average Bonchev–Trinajstić information content (AvgIpc) is 2.85. The summed E-state index contributed by atoms with van der Waals surface area (Å²) in [4.78, 5) is 12.0. The molecule has 5 nitrogen and oxygen atoms in total. The van der Waals surface area contributed by atoms with Crippen LogP contribution in [0, 0.1) is 11.6 Å². The van der Waals surface area contributed by atoms with Gasteiger partial charge in [-0.2, -0.15) is 5.10 Å². The molecular formula is C16H15ClF2N2O3. The van der Waals surface area contributed by atoms with Crippen molar-refractivity contribution in [2.24, 2.45) is 0 Å². The second-order valence-electron chi connectivity index (χ2n) is 4.71. The molecule has 128 valence electrons. The molecule has 2 aromatic rings. The third kappa shape index (κ3) is 3.91. The maximum Gasteiger partial charge on any atom is 0.359 e. The van der Waals surface area contributed by atoms with Crippen LogP contribution in [0.3, 0.4) is 0 Å². The van der Waals surface area contributed by atoms with Gasteiger partial charge in [-0.05, 0) is 31.2 Å². The summed E-state index contributed by atoms with van der Waals surface area (Å²) >= 11 is 6.22. The smallest absolute Gasteiger partial charge is 0.359 e. The standard InChI is InChI=1S/C16H15ClF2N2O3/c1-3-24-16(22)14-12(6-7-23-2)15(17)21(20-14)9-10-8-11(18)4-5-13(10)19/h4-8H,3,9H2,1-2H3/b7-6+. The summed E-state index contributed by atoms with van der Waals surface area (Å²) in [5.41, 5.74) is 0.290. The molecular weight excluding hydrogens is 342 g/mol. The highest BCUT2D eigenvalue weighted by atomic mass is 35.5. The maximum atomic E-state index is 13.8. The fourth-order valence-electron chi connectivity index (χ4n) is 2.02. The molecule has 0 aliphatic heterocycles. The summed E-state index contributed by atoms with van der Waals surface area (Å²) < 4.78 is 38.0. The number of benzene rings is 1. The minimum Gasteiger partial charge on any atom is -0.504 e. The SMILES string of the molecule is CCOC(=O)c1nn(Cc2cc(F)ccc2F)c(Cl)c1/C=C/OC. The first-order valence-electron chi connectivity index (χ1n) is 7.04. The highest BCUT2D eigenvalue weighted by molar-refractivity contribution is 6.31. The number of hydrogen-bond acceptors (Lipinski definition) is 4. The fourth-order valence-corrected chi connectivity index (χ4v) is 2.27. The molecule has 0 fully saturated rings. The topological polar surface area (TPSA) is 53.3 Å². The first-order valence-corrected chi connectivity index (χ1v) is 7.42. The first-order chi connectivity index (χ1) is 11.5. The van der Waals surface area contributed by atoms with E-state index in [1.165, 1.54) is 24.1 Å². The minimum absolute atomic E-state index is 0.0352. The van der Waals surface area contributed by atoms with Crippen LogP contribution in [0.4, 0.5) is 8.78 Å². The van der Waals surface area contributed by atoms with Crippen LogP contribution in [0.1, 0.15) is 28.5 Å². The van der Waals surface area contributed by atoms with Crippen molar-refractivity contribution in [2.75, 3.05) is 13.7 Å². The number of nitrogens with zero attached hydrogens (tertiary/aromatic N) is 2. The first kappa shape index (κ1) is 17.9. The second-order valence-corrected chi connectivity index (χ2v) is 5.06. The van der Waals surface area contributed by atoms with Crippen LogP contribution >= 0.6 is 11.6 Å². The van der Waals surface area contributed by atoms with Gasteiger partial charge in [-0.1, -0.05) is 11.6 Å². The van der Waals surface area contributed by atoms with E-state index in [0.29, 0.717) is 0 Å². The summed E-state index contributed by atoms with van der Waals surface area (Å²) in [6.45, 7) is 1.67. The lowest BCUT2D eigenvalue weighted by Gasteiger charge is -2.05. The van der Waals surface area contributed by atoms with Gasteiger partial charge >= 0.3 is 5.97 Å². The molecule has 0 amide bonds. The molecule has 0 aliphatic rings. The van der Waals surface area contributed by atoms with Gasteiger partial charge in [0.2, 0.25) is 0 Å². The molecule has 0 saturated heterocycles. The maximum absolute atomic E-state index is 13.8. The predicted octanol–water partition coefficient (Wildman–Crippen LogP) is 3.66. The summed E-state index contributed by atoms with van der Waals surface area (Å²) in [5, 5.41) is 4.14. The van der Waals surface area contributed by atoms with Crippen molar-refractivity contribution in [1.82, 2.24) is 9.78 Å². The zero-order chi connectivity index (χ0) is 17.7. The Bertz CT molecular complexity index is 775. The van der Waals surface area contributed by atoms with E-state index in [0.717, 1.165) is 18.2 Å². The quantitative estimate of drug-likeness (QED) is 0.585. The van der Waals surface area contributed by atoms with E-state index in [4.69, 9.17) is 21.1 Å². The van der Waals surface area contributed by atoms with Crippen molar-refractivity contribution in [3.63, 3.8) is 0 Å². The van der Waals surface area contributed by atoms with Gasteiger partial charge in [0.05, 0.1) is 26.5 Å².